The van der Waals surface area contributed by atoms with Crippen molar-refractivity contribution in [2.24, 2.45) is 0 Å². The molecule has 0 aliphatic heterocycles. The van der Waals surface area contributed by atoms with E-state index < -0.39 is 10.2 Å². The van der Waals surface area contributed by atoms with Gasteiger partial charge in [0.05, 0.1) is 0 Å². The van der Waals surface area contributed by atoms with Crippen molar-refractivity contribution in [3.05, 3.63) is 0 Å². The van der Waals surface area contributed by atoms with E-state index in [9.17, 15) is 4.39 Å². The Kier molecular flexibility index (Phi) is 3.35. The largest absolute Gasteiger partial charge is 0.348 e. The topological polar surface area (TPSA) is 9.23 Å². The highest BCUT2D eigenvalue weighted by atomic mass is 35.6. The standard InChI is InChI=1S/C3H4Cl3FO/c1-8-2(7)3(4,5)6/h2H,1H3. The zero-order chi connectivity index (χ0) is 6.78. The van der Waals surface area contributed by atoms with Crippen molar-refractivity contribution < 1.29 is 9.13 Å². The molecular weight excluding hydrogens is 177 g/mol. The molecule has 0 saturated heterocycles. The zero-order valence-corrected chi connectivity index (χ0v) is 6.27. The van der Waals surface area contributed by atoms with Crippen LogP contribution in [0, 0.1) is 0 Å². The van der Waals surface area contributed by atoms with Crippen LogP contribution in [0.1, 0.15) is 0 Å². The van der Waals surface area contributed by atoms with Crippen molar-refractivity contribution >= 4 is 34.8 Å². The van der Waals surface area contributed by atoms with Crippen LogP contribution in [0.15, 0.2) is 0 Å². The van der Waals surface area contributed by atoms with Crippen molar-refractivity contribution in [3.63, 3.8) is 0 Å². The van der Waals surface area contributed by atoms with Gasteiger partial charge in [-0.2, -0.15) is 0 Å². The van der Waals surface area contributed by atoms with Gasteiger partial charge in [-0.25, -0.2) is 4.39 Å². The Balaban J connectivity index is 3.62. The van der Waals surface area contributed by atoms with Gasteiger partial charge in [-0.3, -0.25) is 0 Å². The summed E-state index contributed by atoms with van der Waals surface area (Å²) in [4.78, 5) is 0. The molecule has 0 aliphatic rings. The molecule has 1 unspecified atom stereocenters. The normalized spacial score (nSPS) is 16.1. The maximum absolute atomic E-state index is 12.0. The van der Waals surface area contributed by atoms with Crippen LogP contribution in [0.4, 0.5) is 4.39 Å². The number of hydrogen-bond acceptors (Lipinski definition) is 1. The summed E-state index contributed by atoms with van der Waals surface area (Å²) in [7, 11) is 1.12. The molecule has 5 heteroatoms. The molecule has 0 heterocycles. The molecule has 0 bridgehead atoms. The Bertz CT molecular complexity index is 71.4. The molecule has 50 valence electrons. The van der Waals surface area contributed by atoms with Gasteiger partial charge < -0.3 is 4.74 Å². The SMILES string of the molecule is COC(F)C(Cl)(Cl)Cl. The number of ether oxygens (including phenoxy) is 1. The van der Waals surface area contributed by atoms with Crippen molar-refractivity contribution in [1.29, 1.82) is 0 Å². The highest BCUT2D eigenvalue weighted by Gasteiger charge is 2.32. The first-order chi connectivity index (χ1) is 3.48. The van der Waals surface area contributed by atoms with Crippen LogP contribution in [-0.2, 0) is 4.74 Å². The van der Waals surface area contributed by atoms with Crippen LogP contribution in [0.3, 0.4) is 0 Å². The number of hydrogen-bond donors (Lipinski definition) is 0. The molecule has 0 saturated carbocycles. The van der Waals surface area contributed by atoms with Gasteiger partial charge in [-0.1, -0.05) is 34.8 Å². The third-order valence-corrected chi connectivity index (χ3v) is 0.979. The number of methoxy groups -OCH3 is 1. The van der Waals surface area contributed by atoms with Gasteiger partial charge in [0.1, 0.15) is 0 Å². The first kappa shape index (κ1) is 8.76. The molecule has 0 spiro atoms. The number of rotatable bonds is 1. The Hall–Kier alpha value is 0.760. The molecule has 0 aromatic rings. The highest BCUT2D eigenvalue weighted by molar-refractivity contribution is 6.67. The van der Waals surface area contributed by atoms with E-state index in [4.69, 9.17) is 34.8 Å². The second-order valence-corrected chi connectivity index (χ2v) is 3.46. The molecule has 8 heavy (non-hydrogen) atoms. The van der Waals surface area contributed by atoms with Gasteiger partial charge in [0.25, 0.3) is 0 Å². The minimum absolute atomic E-state index is 1.12. The molecule has 0 amide bonds. The van der Waals surface area contributed by atoms with E-state index >= 15 is 0 Å². The van der Waals surface area contributed by atoms with Crippen LogP contribution in [0.2, 0.25) is 0 Å². The first-order valence-corrected chi connectivity index (χ1v) is 2.85. The number of alkyl halides is 4. The predicted octanol–water partition coefficient (Wildman–Crippen LogP) is 2.30. The van der Waals surface area contributed by atoms with Crippen molar-refractivity contribution in [2.45, 2.75) is 10.2 Å². The molecular formula is C3H4Cl3FO. The molecule has 0 aromatic carbocycles. The molecule has 0 radical (unpaired) electrons. The smallest absolute Gasteiger partial charge is 0.246 e. The number of halogens is 4. The molecule has 1 atom stereocenters. The minimum Gasteiger partial charge on any atom is -0.348 e. The lowest BCUT2D eigenvalue weighted by Crippen LogP contribution is -2.21. The van der Waals surface area contributed by atoms with Crippen molar-refractivity contribution in [3.8, 4) is 0 Å². The summed E-state index contributed by atoms with van der Waals surface area (Å²) in [6.07, 6.45) is -1.85. The molecule has 0 aromatic heterocycles. The Morgan fingerprint density at radius 3 is 1.88 bits per heavy atom. The zero-order valence-electron chi connectivity index (χ0n) is 4.00. The third-order valence-electron chi connectivity index (χ3n) is 0.464. The van der Waals surface area contributed by atoms with Gasteiger partial charge in [0, 0.05) is 7.11 Å². The highest BCUT2D eigenvalue weighted by Crippen LogP contribution is 2.32. The van der Waals surface area contributed by atoms with Crippen LogP contribution in [0.25, 0.3) is 0 Å². The van der Waals surface area contributed by atoms with Crippen LogP contribution in [-0.4, -0.2) is 17.3 Å². The van der Waals surface area contributed by atoms with E-state index in [1.165, 1.54) is 0 Å². The second-order valence-electron chi connectivity index (χ2n) is 1.09. The van der Waals surface area contributed by atoms with Gasteiger partial charge >= 0.3 is 0 Å². The summed E-state index contributed by atoms with van der Waals surface area (Å²) in [6.45, 7) is 0. The van der Waals surface area contributed by atoms with Gasteiger partial charge in [0.2, 0.25) is 10.2 Å². The third kappa shape index (κ3) is 2.92. The summed E-state index contributed by atoms with van der Waals surface area (Å²) in [5, 5.41) is 0. The predicted molar refractivity (Wildman–Crippen MR) is 32.2 cm³/mol. The molecule has 1 nitrogen and oxygen atoms in total. The van der Waals surface area contributed by atoms with E-state index in [0.29, 0.717) is 0 Å². The van der Waals surface area contributed by atoms with Gasteiger partial charge in [-0.05, 0) is 0 Å². The Labute approximate surface area is 61.7 Å². The van der Waals surface area contributed by atoms with E-state index in [0.717, 1.165) is 7.11 Å². The molecule has 0 rings (SSSR count). The molecule has 0 N–H and O–H groups in total. The lowest BCUT2D eigenvalue weighted by Gasteiger charge is -2.13. The van der Waals surface area contributed by atoms with Gasteiger partial charge in [0.15, 0.2) is 0 Å². The van der Waals surface area contributed by atoms with E-state index in [1.807, 2.05) is 0 Å². The molecule has 0 fully saturated rings. The fourth-order valence-corrected chi connectivity index (χ4v) is 0.401. The minimum atomic E-state index is -1.96. The van der Waals surface area contributed by atoms with E-state index in [1.54, 1.807) is 0 Å². The maximum Gasteiger partial charge on any atom is 0.246 e. The lowest BCUT2D eigenvalue weighted by molar-refractivity contribution is -0.000934. The summed E-state index contributed by atoms with van der Waals surface area (Å²) in [6, 6.07) is 0. The summed E-state index contributed by atoms with van der Waals surface area (Å²) >= 11 is 15.0. The van der Waals surface area contributed by atoms with Crippen LogP contribution in [0.5, 0.6) is 0 Å². The average Bonchev–Trinajstić information content (AvgIpc) is 1.62. The van der Waals surface area contributed by atoms with Crippen molar-refractivity contribution in [2.75, 3.05) is 7.11 Å². The van der Waals surface area contributed by atoms with E-state index in [-0.39, 0.29) is 0 Å². The fourth-order valence-electron chi connectivity index (χ4n) is 0.134. The lowest BCUT2D eigenvalue weighted by atomic mass is 10.8. The summed E-state index contributed by atoms with van der Waals surface area (Å²) in [5.74, 6) is 0. The fraction of sp³-hybridized carbons (Fsp3) is 1.00. The quantitative estimate of drug-likeness (QED) is 0.564. The van der Waals surface area contributed by atoms with Crippen molar-refractivity contribution in [1.82, 2.24) is 0 Å². The Morgan fingerprint density at radius 2 is 1.88 bits per heavy atom. The van der Waals surface area contributed by atoms with Crippen LogP contribution < -0.4 is 0 Å². The van der Waals surface area contributed by atoms with Gasteiger partial charge in [-0.15, -0.1) is 0 Å². The maximum atomic E-state index is 12.0. The van der Waals surface area contributed by atoms with Crippen LogP contribution >= 0.6 is 34.8 Å². The molecule has 0 aliphatic carbocycles. The van der Waals surface area contributed by atoms with E-state index in [2.05, 4.69) is 4.74 Å². The summed E-state index contributed by atoms with van der Waals surface area (Å²) < 4.78 is 14.1. The average molecular weight is 181 g/mol. The Morgan fingerprint density at radius 1 is 1.50 bits per heavy atom. The summed E-state index contributed by atoms with van der Waals surface area (Å²) in [5.41, 5.74) is 0. The first-order valence-electron chi connectivity index (χ1n) is 1.72. The second kappa shape index (κ2) is 3.06. The monoisotopic (exact) mass is 180 g/mol.